The highest BCUT2D eigenvalue weighted by atomic mass is 16.2. The standard InChI is InChI=1S/C30H51N3O3/c1-7-13-25(14-8-2)31-28(34)22-19-23(29(35)32-26(15-9-3)16-10-4)21-24(20-22)30(36)33-27(17-11-5)18-12-6/h19-21,25-27H,7-18H2,1-6H3,(H,31,34)(H,32,35)(H,33,36). The van der Waals surface area contributed by atoms with Crippen LogP contribution in [0, 0.1) is 0 Å². The van der Waals surface area contributed by atoms with Crippen LogP contribution in [-0.4, -0.2) is 35.8 Å². The molecule has 0 heterocycles. The van der Waals surface area contributed by atoms with E-state index in [1.807, 2.05) is 0 Å². The Bertz CT molecular complexity index is 674. The van der Waals surface area contributed by atoms with E-state index in [0.717, 1.165) is 77.0 Å². The Morgan fingerprint density at radius 1 is 0.472 bits per heavy atom. The molecule has 0 bridgehead atoms. The Labute approximate surface area is 219 Å². The third-order valence-corrected chi connectivity index (χ3v) is 6.55. The maximum absolute atomic E-state index is 13.2. The maximum atomic E-state index is 13.2. The van der Waals surface area contributed by atoms with Crippen molar-refractivity contribution in [2.24, 2.45) is 0 Å². The van der Waals surface area contributed by atoms with E-state index in [0.29, 0.717) is 16.7 Å². The molecule has 0 saturated carbocycles. The second-order valence-electron chi connectivity index (χ2n) is 10.0. The average Bonchev–Trinajstić information content (AvgIpc) is 2.84. The summed E-state index contributed by atoms with van der Waals surface area (Å²) in [6.07, 6.45) is 11.3. The first-order chi connectivity index (χ1) is 17.3. The summed E-state index contributed by atoms with van der Waals surface area (Å²) in [5.74, 6) is -0.700. The lowest BCUT2D eigenvalue weighted by Crippen LogP contribution is -2.37. The van der Waals surface area contributed by atoms with Crippen LogP contribution in [0.15, 0.2) is 18.2 Å². The molecule has 1 rings (SSSR count). The highest BCUT2D eigenvalue weighted by Gasteiger charge is 2.21. The summed E-state index contributed by atoms with van der Waals surface area (Å²) in [4.78, 5) is 39.7. The minimum absolute atomic E-state index is 0.0826. The molecule has 0 aliphatic heterocycles. The van der Waals surface area contributed by atoms with Gasteiger partial charge in [-0.1, -0.05) is 80.1 Å². The molecular weight excluding hydrogens is 450 g/mol. The molecule has 204 valence electrons. The predicted octanol–water partition coefficient (Wildman–Crippen LogP) is 6.78. The van der Waals surface area contributed by atoms with Gasteiger partial charge in [0.25, 0.3) is 17.7 Å². The van der Waals surface area contributed by atoms with Crippen molar-refractivity contribution in [3.63, 3.8) is 0 Å². The van der Waals surface area contributed by atoms with Crippen LogP contribution >= 0.6 is 0 Å². The SMILES string of the molecule is CCCC(CCC)NC(=O)c1cc(C(=O)NC(CCC)CCC)cc(C(=O)NC(CCC)CCC)c1. The van der Waals surface area contributed by atoms with Crippen molar-refractivity contribution in [1.82, 2.24) is 16.0 Å². The molecule has 0 unspecified atom stereocenters. The smallest absolute Gasteiger partial charge is 0.251 e. The summed E-state index contributed by atoms with van der Waals surface area (Å²) in [5.41, 5.74) is 1.07. The lowest BCUT2D eigenvalue weighted by atomic mass is 10.0. The molecule has 0 radical (unpaired) electrons. The van der Waals surface area contributed by atoms with Crippen molar-refractivity contribution in [2.75, 3.05) is 0 Å². The second kappa shape index (κ2) is 18.0. The molecule has 1 aromatic rings. The fraction of sp³-hybridized carbons (Fsp3) is 0.700. The normalized spacial score (nSPS) is 11.2. The van der Waals surface area contributed by atoms with Gasteiger partial charge in [0, 0.05) is 34.8 Å². The van der Waals surface area contributed by atoms with Crippen molar-refractivity contribution in [3.05, 3.63) is 34.9 Å². The first kappa shape index (κ1) is 31.7. The number of carbonyl (C=O) groups excluding carboxylic acids is 3. The summed E-state index contributed by atoms with van der Waals surface area (Å²) in [7, 11) is 0. The minimum Gasteiger partial charge on any atom is -0.349 e. The van der Waals surface area contributed by atoms with E-state index in [-0.39, 0.29) is 35.8 Å². The largest absolute Gasteiger partial charge is 0.349 e. The lowest BCUT2D eigenvalue weighted by molar-refractivity contribution is 0.0931. The third-order valence-electron chi connectivity index (χ3n) is 6.55. The van der Waals surface area contributed by atoms with Gasteiger partial charge in [-0.2, -0.15) is 0 Å². The van der Waals surface area contributed by atoms with Crippen molar-refractivity contribution < 1.29 is 14.4 Å². The Kier molecular flexibility index (Phi) is 15.8. The topological polar surface area (TPSA) is 87.3 Å². The molecule has 0 fully saturated rings. The number of rotatable bonds is 18. The molecule has 3 amide bonds. The van der Waals surface area contributed by atoms with Crippen LogP contribution in [-0.2, 0) is 0 Å². The molecule has 0 saturated heterocycles. The molecule has 0 aliphatic rings. The fourth-order valence-electron chi connectivity index (χ4n) is 4.78. The van der Waals surface area contributed by atoms with Gasteiger partial charge in [-0.3, -0.25) is 14.4 Å². The number of amides is 3. The Morgan fingerprint density at radius 2 is 0.667 bits per heavy atom. The van der Waals surface area contributed by atoms with Crippen LogP contribution in [0.2, 0.25) is 0 Å². The van der Waals surface area contributed by atoms with Crippen LogP contribution in [0.4, 0.5) is 0 Å². The highest BCUT2D eigenvalue weighted by Crippen LogP contribution is 2.16. The Hall–Kier alpha value is -2.37. The van der Waals surface area contributed by atoms with Crippen molar-refractivity contribution in [2.45, 2.75) is 137 Å². The number of hydrogen-bond donors (Lipinski definition) is 3. The summed E-state index contributed by atoms with van der Waals surface area (Å²) in [6.45, 7) is 12.6. The van der Waals surface area contributed by atoms with Crippen LogP contribution < -0.4 is 16.0 Å². The molecule has 6 nitrogen and oxygen atoms in total. The van der Waals surface area contributed by atoms with Gasteiger partial charge >= 0.3 is 0 Å². The molecule has 6 heteroatoms. The molecular formula is C30H51N3O3. The van der Waals surface area contributed by atoms with E-state index in [1.54, 1.807) is 18.2 Å². The second-order valence-corrected chi connectivity index (χ2v) is 10.0. The van der Waals surface area contributed by atoms with Crippen LogP contribution in [0.3, 0.4) is 0 Å². The third kappa shape index (κ3) is 11.1. The lowest BCUT2D eigenvalue weighted by Gasteiger charge is -2.20. The van der Waals surface area contributed by atoms with Gasteiger partial charge in [0.15, 0.2) is 0 Å². The van der Waals surface area contributed by atoms with Crippen LogP contribution in [0.25, 0.3) is 0 Å². The monoisotopic (exact) mass is 501 g/mol. The first-order valence-electron chi connectivity index (χ1n) is 14.4. The molecule has 36 heavy (non-hydrogen) atoms. The van der Waals surface area contributed by atoms with Crippen LogP contribution in [0.1, 0.15) is 150 Å². The number of carbonyl (C=O) groups is 3. The van der Waals surface area contributed by atoms with E-state index in [1.165, 1.54) is 0 Å². The van der Waals surface area contributed by atoms with Gasteiger partial charge in [-0.15, -0.1) is 0 Å². The molecule has 0 atom stereocenters. The zero-order valence-electron chi connectivity index (χ0n) is 23.7. The molecule has 3 N–H and O–H groups in total. The van der Waals surface area contributed by atoms with Gasteiger partial charge in [-0.25, -0.2) is 0 Å². The van der Waals surface area contributed by atoms with Gasteiger partial charge in [0.2, 0.25) is 0 Å². The summed E-state index contributed by atoms with van der Waals surface area (Å²) >= 11 is 0. The maximum Gasteiger partial charge on any atom is 0.251 e. The zero-order valence-corrected chi connectivity index (χ0v) is 23.7. The number of nitrogens with one attached hydrogen (secondary N) is 3. The minimum atomic E-state index is -0.233. The fourth-order valence-corrected chi connectivity index (χ4v) is 4.78. The Morgan fingerprint density at radius 3 is 0.833 bits per heavy atom. The summed E-state index contributed by atoms with van der Waals surface area (Å²) in [6, 6.07) is 5.13. The Balaban J connectivity index is 3.31. The quantitative estimate of drug-likeness (QED) is 0.207. The van der Waals surface area contributed by atoms with Crippen molar-refractivity contribution in [3.8, 4) is 0 Å². The zero-order chi connectivity index (χ0) is 26.9. The van der Waals surface area contributed by atoms with E-state index in [4.69, 9.17) is 0 Å². The van der Waals surface area contributed by atoms with E-state index >= 15 is 0 Å². The summed E-state index contributed by atoms with van der Waals surface area (Å²) in [5, 5.41) is 9.38. The molecule has 0 spiro atoms. The highest BCUT2D eigenvalue weighted by molar-refractivity contribution is 6.04. The van der Waals surface area contributed by atoms with Crippen molar-refractivity contribution >= 4 is 17.7 Å². The molecule has 1 aromatic carbocycles. The first-order valence-corrected chi connectivity index (χ1v) is 14.4. The van der Waals surface area contributed by atoms with E-state index < -0.39 is 0 Å². The van der Waals surface area contributed by atoms with Gasteiger partial charge in [-0.05, 0) is 56.7 Å². The predicted molar refractivity (Wildman–Crippen MR) is 150 cm³/mol. The number of benzene rings is 1. The van der Waals surface area contributed by atoms with Crippen molar-refractivity contribution in [1.29, 1.82) is 0 Å². The number of hydrogen-bond acceptors (Lipinski definition) is 3. The molecule has 0 aliphatic carbocycles. The molecule has 0 aromatic heterocycles. The summed E-state index contributed by atoms with van der Waals surface area (Å²) < 4.78 is 0. The van der Waals surface area contributed by atoms with Gasteiger partial charge in [0.1, 0.15) is 0 Å². The van der Waals surface area contributed by atoms with Crippen LogP contribution in [0.5, 0.6) is 0 Å². The van der Waals surface area contributed by atoms with Gasteiger partial charge < -0.3 is 16.0 Å². The van der Waals surface area contributed by atoms with Gasteiger partial charge in [0.05, 0.1) is 0 Å². The van der Waals surface area contributed by atoms with E-state index in [2.05, 4.69) is 57.5 Å². The average molecular weight is 502 g/mol. The van der Waals surface area contributed by atoms with E-state index in [9.17, 15) is 14.4 Å².